The minimum Gasteiger partial charge on any atom is -0.500 e. The average molecular weight is 271 g/mol. The van der Waals surface area contributed by atoms with E-state index in [1.54, 1.807) is 6.26 Å². The highest BCUT2D eigenvalue weighted by Gasteiger charge is 2.20. The van der Waals surface area contributed by atoms with Crippen LogP contribution < -0.4 is 0 Å². The number of rotatable bonds is 3. The van der Waals surface area contributed by atoms with Gasteiger partial charge in [0.25, 0.3) is 0 Å². The summed E-state index contributed by atoms with van der Waals surface area (Å²) in [6, 6.07) is 8.17. The zero-order valence-corrected chi connectivity index (χ0v) is 11.4. The molecular formula is C16H17NO3. The molecule has 4 heteroatoms. The first-order chi connectivity index (χ1) is 9.79. The van der Waals surface area contributed by atoms with Gasteiger partial charge in [0.1, 0.15) is 0 Å². The first-order valence-electron chi connectivity index (χ1n) is 6.86. The standard InChI is InChI=1S/C16H17NO3/c1-2-20-15(18)9-11-10-19-8-7-13-12-5-3-4-6-14(12)17-16(11)13/h3-6,10,17H,2,7-9H2,1H3. The summed E-state index contributed by atoms with van der Waals surface area (Å²) >= 11 is 0. The van der Waals surface area contributed by atoms with Crippen LogP contribution in [0.2, 0.25) is 0 Å². The molecule has 0 spiro atoms. The third-order valence-electron chi connectivity index (χ3n) is 3.47. The summed E-state index contributed by atoms with van der Waals surface area (Å²) in [6.45, 7) is 2.83. The molecule has 1 aromatic heterocycles. The molecule has 0 amide bonds. The molecule has 0 unspecified atom stereocenters. The lowest BCUT2D eigenvalue weighted by Crippen LogP contribution is -2.05. The first kappa shape index (κ1) is 12.8. The molecule has 0 aliphatic carbocycles. The van der Waals surface area contributed by atoms with E-state index in [0.717, 1.165) is 23.2 Å². The van der Waals surface area contributed by atoms with E-state index in [0.29, 0.717) is 13.2 Å². The summed E-state index contributed by atoms with van der Waals surface area (Å²) in [7, 11) is 0. The highest BCUT2D eigenvalue weighted by molar-refractivity contribution is 5.93. The highest BCUT2D eigenvalue weighted by Crippen LogP contribution is 2.31. The van der Waals surface area contributed by atoms with E-state index in [-0.39, 0.29) is 12.4 Å². The van der Waals surface area contributed by atoms with E-state index in [1.807, 2.05) is 25.1 Å². The van der Waals surface area contributed by atoms with Crippen molar-refractivity contribution < 1.29 is 14.3 Å². The zero-order valence-electron chi connectivity index (χ0n) is 11.4. The summed E-state index contributed by atoms with van der Waals surface area (Å²) in [5.41, 5.74) is 4.16. The van der Waals surface area contributed by atoms with Crippen LogP contribution in [0.4, 0.5) is 0 Å². The van der Waals surface area contributed by atoms with Crippen molar-refractivity contribution in [3.05, 3.63) is 41.8 Å². The predicted molar refractivity (Wildman–Crippen MR) is 77.2 cm³/mol. The molecule has 1 aliphatic heterocycles. The summed E-state index contributed by atoms with van der Waals surface area (Å²) in [5.74, 6) is -0.228. The van der Waals surface area contributed by atoms with Gasteiger partial charge >= 0.3 is 5.97 Å². The van der Waals surface area contributed by atoms with Crippen LogP contribution in [0.25, 0.3) is 16.5 Å². The number of ether oxygens (including phenoxy) is 2. The van der Waals surface area contributed by atoms with E-state index in [2.05, 4.69) is 11.1 Å². The van der Waals surface area contributed by atoms with Crippen LogP contribution in [0.5, 0.6) is 0 Å². The second-order valence-electron chi connectivity index (χ2n) is 4.77. The van der Waals surface area contributed by atoms with Crippen LogP contribution in [0.15, 0.2) is 30.5 Å². The van der Waals surface area contributed by atoms with Crippen LogP contribution in [0.1, 0.15) is 24.6 Å². The number of aromatic nitrogens is 1. The monoisotopic (exact) mass is 271 g/mol. The molecule has 1 aliphatic rings. The van der Waals surface area contributed by atoms with Gasteiger partial charge in [-0.25, -0.2) is 0 Å². The van der Waals surface area contributed by atoms with Gasteiger partial charge in [0, 0.05) is 28.6 Å². The van der Waals surface area contributed by atoms with Gasteiger partial charge in [-0.1, -0.05) is 18.2 Å². The van der Waals surface area contributed by atoms with Gasteiger partial charge in [-0.15, -0.1) is 0 Å². The van der Waals surface area contributed by atoms with Crippen LogP contribution in [-0.4, -0.2) is 24.2 Å². The largest absolute Gasteiger partial charge is 0.500 e. The second-order valence-corrected chi connectivity index (χ2v) is 4.77. The van der Waals surface area contributed by atoms with Gasteiger partial charge < -0.3 is 14.5 Å². The van der Waals surface area contributed by atoms with Gasteiger partial charge in [-0.2, -0.15) is 0 Å². The third-order valence-corrected chi connectivity index (χ3v) is 3.47. The van der Waals surface area contributed by atoms with Crippen LogP contribution >= 0.6 is 0 Å². The van der Waals surface area contributed by atoms with Gasteiger partial charge in [0.05, 0.1) is 25.9 Å². The number of carbonyl (C=O) groups excluding carboxylic acids is 1. The number of hydrogen-bond acceptors (Lipinski definition) is 3. The fourth-order valence-corrected chi connectivity index (χ4v) is 2.61. The van der Waals surface area contributed by atoms with E-state index in [9.17, 15) is 4.79 Å². The van der Waals surface area contributed by atoms with Crippen LogP contribution in [0.3, 0.4) is 0 Å². The molecule has 2 aromatic rings. The Labute approximate surface area is 117 Å². The molecule has 0 radical (unpaired) electrons. The number of esters is 1. The van der Waals surface area contributed by atoms with E-state index in [4.69, 9.17) is 9.47 Å². The molecule has 20 heavy (non-hydrogen) atoms. The van der Waals surface area contributed by atoms with E-state index >= 15 is 0 Å². The molecule has 1 aromatic carbocycles. The lowest BCUT2D eigenvalue weighted by molar-refractivity contribution is -0.141. The Morgan fingerprint density at radius 3 is 3.10 bits per heavy atom. The molecule has 2 heterocycles. The average Bonchev–Trinajstić information content (AvgIpc) is 2.70. The van der Waals surface area contributed by atoms with Crippen molar-refractivity contribution >= 4 is 22.4 Å². The molecule has 3 rings (SSSR count). The Morgan fingerprint density at radius 1 is 1.40 bits per heavy atom. The Bertz CT molecular complexity index is 669. The molecule has 104 valence electrons. The lowest BCUT2D eigenvalue weighted by Gasteiger charge is -2.05. The molecule has 0 saturated carbocycles. The quantitative estimate of drug-likeness (QED) is 0.873. The van der Waals surface area contributed by atoms with Crippen molar-refractivity contribution in [2.75, 3.05) is 13.2 Å². The number of benzene rings is 1. The molecule has 0 fully saturated rings. The van der Waals surface area contributed by atoms with E-state index < -0.39 is 0 Å². The third kappa shape index (κ3) is 2.29. The van der Waals surface area contributed by atoms with Crippen molar-refractivity contribution in [2.24, 2.45) is 0 Å². The topological polar surface area (TPSA) is 51.3 Å². The Morgan fingerprint density at radius 2 is 2.25 bits per heavy atom. The highest BCUT2D eigenvalue weighted by atomic mass is 16.5. The smallest absolute Gasteiger partial charge is 0.310 e. The van der Waals surface area contributed by atoms with Crippen LogP contribution in [-0.2, 0) is 20.7 Å². The first-order valence-corrected chi connectivity index (χ1v) is 6.86. The van der Waals surface area contributed by atoms with Gasteiger partial charge in [0.2, 0.25) is 0 Å². The number of aromatic amines is 1. The van der Waals surface area contributed by atoms with Crippen molar-refractivity contribution in [1.29, 1.82) is 0 Å². The molecule has 0 atom stereocenters. The minimum absolute atomic E-state index is 0.228. The fraction of sp³-hybridized carbons (Fsp3) is 0.312. The minimum atomic E-state index is -0.228. The second kappa shape index (κ2) is 5.41. The number of H-pyrrole nitrogens is 1. The summed E-state index contributed by atoms with van der Waals surface area (Å²) in [4.78, 5) is 15.1. The lowest BCUT2D eigenvalue weighted by atomic mass is 10.0. The maximum absolute atomic E-state index is 11.7. The van der Waals surface area contributed by atoms with Gasteiger partial charge in [0.15, 0.2) is 0 Å². The zero-order chi connectivity index (χ0) is 13.9. The summed E-state index contributed by atoms with van der Waals surface area (Å²) in [5, 5.41) is 1.20. The maximum Gasteiger partial charge on any atom is 0.310 e. The number of carbonyl (C=O) groups is 1. The summed E-state index contributed by atoms with van der Waals surface area (Å²) < 4.78 is 10.5. The fourth-order valence-electron chi connectivity index (χ4n) is 2.61. The predicted octanol–water partition coefficient (Wildman–Crippen LogP) is 3.03. The number of fused-ring (bicyclic) bond motifs is 3. The Kier molecular flexibility index (Phi) is 3.46. The summed E-state index contributed by atoms with van der Waals surface area (Å²) in [6.07, 6.45) is 2.74. The molecule has 4 nitrogen and oxygen atoms in total. The van der Waals surface area contributed by atoms with Crippen molar-refractivity contribution in [3.63, 3.8) is 0 Å². The normalized spacial score (nSPS) is 14.2. The van der Waals surface area contributed by atoms with E-state index in [1.165, 1.54) is 10.9 Å². The van der Waals surface area contributed by atoms with Crippen LogP contribution in [0, 0.1) is 0 Å². The van der Waals surface area contributed by atoms with Crippen molar-refractivity contribution in [3.8, 4) is 0 Å². The van der Waals surface area contributed by atoms with Gasteiger partial charge in [-0.3, -0.25) is 4.79 Å². The molecule has 0 bridgehead atoms. The number of para-hydroxylation sites is 1. The molecule has 1 N–H and O–H groups in total. The Hall–Kier alpha value is -2.23. The molecular weight excluding hydrogens is 254 g/mol. The van der Waals surface area contributed by atoms with Crippen molar-refractivity contribution in [1.82, 2.24) is 4.98 Å². The maximum atomic E-state index is 11.7. The number of nitrogens with one attached hydrogen (secondary N) is 1. The van der Waals surface area contributed by atoms with Crippen molar-refractivity contribution in [2.45, 2.75) is 19.8 Å². The number of hydrogen-bond donors (Lipinski definition) is 1. The SMILES string of the molecule is CCOC(=O)CC1=COCCc2c1[nH]c1ccccc21. The van der Waals surface area contributed by atoms with Gasteiger partial charge in [-0.05, 0) is 18.6 Å². The molecule has 0 saturated heterocycles. The Balaban J connectivity index is 2.01.